The van der Waals surface area contributed by atoms with Crippen LogP contribution in [-0.2, 0) is 4.74 Å². The Morgan fingerprint density at radius 2 is 1.95 bits per heavy atom. The zero-order valence-corrected chi connectivity index (χ0v) is 12.3. The molecule has 1 heterocycles. The highest BCUT2D eigenvalue weighted by molar-refractivity contribution is 4.93. The lowest BCUT2D eigenvalue weighted by atomic mass is 9.73. The minimum atomic E-state index is -4.09. The van der Waals surface area contributed by atoms with E-state index in [1.165, 1.54) is 6.42 Å². The third kappa shape index (κ3) is 4.35. The molecule has 20 heavy (non-hydrogen) atoms. The van der Waals surface area contributed by atoms with Crippen molar-refractivity contribution < 1.29 is 17.9 Å². The first kappa shape index (κ1) is 16.1. The minimum Gasteiger partial charge on any atom is -0.375 e. The summed E-state index contributed by atoms with van der Waals surface area (Å²) in [5.74, 6) is 0.0865. The molecule has 2 aliphatic rings. The summed E-state index contributed by atoms with van der Waals surface area (Å²) in [7, 11) is 0. The number of halogens is 3. The van der Waals surface area contributed by atoms with Crippen LogP contribution in [0.2, 0.25) is 0 Å². The van der Waals surface area contributed by atoms with Gasteiger partial charge in [0.15, 0.2) is 0 Å². The third-order valence-corrected chi connectivity index (χ3v) is 4.78. The first-order valence-corrected chi connectivity index (χ1v) is 7.88. The largest absolute Gasteiger partial charge is 0.390 e. The molecule has 0 bridgehead atoms. The standard InChI is InChI=1S/C15H26F3NO/c1-2-19-13(11-15(16,17)18)12-6-9-20-14(10-12)7-4-3-5-8-14/h12-13,19H,2-11H2,1H3. The number of nitrogens with one attached hydrogen (secondary N) is 1. The van der Waals surface area contributed by atoms with Crippen molar-refractivity contribution in [2.75, 3.05) is 13.2 Å². The number of ether oxygens (including phenoxy) is 1. The molecule has 0 aromatic heterocycles. The van der Waals surface area contributed by atoms with Crippen LogP contribution < -0.4 is 5.32 Å². The summed E-state index contributed by atoms with van der Waals surface area (Å²) in [5, 5.41) is 3.06. The Kier molecular flexibility index (Phi) is 5.35. The number of rotatable bonds is 4. The summed E-state index contributed by atoms with van der Waals surface area (Å²) in [6, 6.07) is -0.456. The Morgan fingerprint density at radius 1 is 1.25 bits per heavy atom. The smallest absolute Gasteiger partial charge is 0.375 e. The van der Waals surface area contributed by atoms with Gasteiger partial charge in [0.1, 0.15) is 0 Å². The van der Waals surface area contributed by atoms with E-state index in [0.717, 1.165) is 38.5 Å². The van der Waals surface area contributed by atoms with Crippen LogP contribution in [0.5, 0.6) is 0 Å². The average molecular weight is 293 g/mol. The predicted molar refractivity (Wildman–Crippen MR) is 72.6 cm³/mol. The van der Waals surface area contributed by atoms with Crippen molar-refractivity contribution in [2.45, 2.75) is 76.1 Å². The molecular weight excluding hydrogens is 267 g/mol. The molecule has 118 valence electrons. The molecule has 2 atom stereocenters. The van der Waals surface area contributed by atoms with Crippen LogP contribution in [0, 0.1) is 5.92 Å². The van der Waals surface area contributed by atoms with Gasteiger partial charge in [0.25, 0.3) is 0 Å². The molecule has 0 radical (unpaired) electrons. The van der Waals surface area contributed by atoms with Gasteiger partial charge in [-0.25, -0.2) is 0 Å². The van der Waals surface area contributed by atoms with Crippen LogP contribution in [0.15, 0.2) is 0 Å². The van der Waals surface area contributed by atoms with Gasteiger partial charge in [-0.3, -0.25) is 0 Å². The number of hydrogen-bond acceptors (Lipinski definition) is 2. The maximum Gasteiger partial charge on any atom is 0.390 e. The quantitative estimate of drug-likeness (QED) is 0.844. The van der Waals surface area contributed by atoms with Gasteiger partial charge in [-0.05, 0) is 38.1 Å². The Balaban J connectivity index is 2.00. The molecule has 2 rings (SSSR count). The van der Waals surface area contributed by atoms with Crippen molar-refractivity contribution >= 4 is 0 Å². The van der Waals surface area contributed by atoms with Crippen LogP contribution in [0.3, 0.4) is 0 Å². The fraction of sp³-hybridized carbons (Fsp3) is 1.00. The van der Waals surface area contributed by atoms with Gasteiger partial charge in [-0.15, -0.1) is 0 Å². The van der Waals surface area contributed by atoms with Gasteiger partial charge in [-0.2, -0.15) is 13.2 Å². The van der Waals surface area contributed by atoms with Crippen molar-refractivity contribution in [1.29, 1.82) is 0 Å². The van der Waals surface area contributed by atoms with Gasteiger partial charge in [0, 0.05) is 12.6 Å². The Morgan fingerprint density at radius 3 is 2.55 bits per heavy atom. The summed E-state index contributed by atoms with van der Waals surface area (Å²) in [6.45, 7) is 3.08. The van der Waals surface area contributed by atoms with Gasteiger partial charge in [-0.1, -0.05) is 26.2 Å². The van der Waals surface area contributed by atoms with Crippen molar-refractivity contribution in [3.63, 3.8) is 0 Å². The predicted octanol–water partition coefficient (Wildman–Crippen LogP) is 4.05. The molecule has 2 nitrogen and oxygen atoms in total. The second-order valence-corrected chi connectivity index (χ2v) is 6.33. The molecule has 0 aromatic rings. The normalized spacial score (nSPS) is 28.5. The molecule has 1 aliphatic carbocycles. The summed E-state index contributed by atoms with van der Waals surface area (Å²) in [5.41, 5.74) is -0.125. The lowest BCUT2D eigenvalue weighted by molar-refractivity contribution is -0.156. The maximum absolute atomic E-state index is 12.7. The first-order chi connectivity index (χ1) is 9.44. The van der Waals surface area contributed by atoms with Crippen LogP contribution in [-0.4, -0.2) is 31.0 Å². The highest BCUT2D eigenvalue weighted by Gasteiger charge is 2.43. The van der Waals surface area contributed by atoms with E-state index >= 15 is 0 Å². The summed E-state index contributed by atoms with van der Waals surface area (Å²) < 4.78 is 44.2. The van der Waals surface area contributed by atoms with E-state index in [1.807, 2.05) is 6.92 Å². The third-order valence-electron chi connectivity index (χ3n) is 4.78. The lowest BCUT2D eigenvalue weighted by Crippen LogP contribution is -2.49. The van der Waals surface area contributed by atoms with Crippen LogP contribution in [0.4, 0.5) is 13.2 Å². The molecular formula is C15H26F3NO. The Hall–Kier alpha value is -0.290. The van der Waals surface area contributed by atoms with Crippen molar-refractivity contribution in [1.82, 2.24) is 5.32 Å². The summed E-state index contributed by atoms with van der Waals surface area (Å²) >= 11 is 0. The van der Waals surface area contributed by atoms with Gasteiger partial charge in [0.05, 0.1) is 12.0 Å². The highest BCUT2D eigenvalue weighted by atomic mass is 19.4. The fourth-order valence-corrected chi connectivity index (χ4v) is 3.87. The van der Waals surface area contributed by atoms with Gasteiger partial charge in [0.2, 0.25) is 0 Å². The molecule has 0 aromatic carbocycles. The molecule has 1 spiro atoms. The number of hydrogen-bond donors (Lipinski definition) is 1. The van der Waals surface area contributed by atoms with Crippen molar-refractivity contribution in [2.24, 2.45) is 5.92 Å². The van der Waals surface area contributed by atoms with E-state index in [9.17, 15) is 13.2 Å². The maximum atomic E-state index is 12.7. The molecule has 2 unspecified atom stereocenters. The molecule has 0 amide bonds. The summed E-state index contributed by atoms with van der Waals surface area (Å²) in [6.07, 6.45) is 2.30. The van der Waals surface area contributed by atoms with Crippen LogP contribution in [0.25, 0.3) is 0 Å². The zero-order valence-electron chi connectivity index (χ0n) is 12.3. The Bertz CT molecular complexity index is 294. The monoisotopic (exact) mass is 293 g/mol. The zero-order chi connectivity index (χ0) is 14.6. The van der Waals surface area contributed by atoms with E-state index in [0.29, 0.717) is 13.2 Å². The minimum absolute atomic E-state index is 0.0865. The van der Waals surface area contributed by atoms with E-state index < -0.39 is 18.6 Å². The summed E-state index contributed by atoms with van der Waals surface area (Å²) in [4.78, 5) is 0. The molecule has 1 N–H and O–H groups in total. The fourth-order valence-electron chi connectivity index (χ4n) is 3.87. The van der Waals surface area contributed by atoms with Gasteiger partial charge < -0.3 is 10.1 Å². The van der Waals surface area contributed by atoms with E-state index in [4.69, 9.17) is 4.74 Å². The number of alkyl halides is 3. The highest BCUT2D eigenvalue weighted by Crippen LogP contribution is 2.42. The average Bonchev–Trinajstić information content (AvgIpc) is 2.38. The topological polar surface area (TPSA) is 21.3 Å². The SMILES string of the molecule is CCNC(CC(F)(F)F)C1CCOC2(CCCCC2)C1. The van der Waals surface area contributed by atoms with Gasteiger partial charge >= 0.3 is 6.18 Å². The molecule has 1 aliphatic heterocycles. The first-order valence-electron chi connectivity index (χ1n) is 7.88. The van der Waals surface area contributed by atoms with E-state index in [-0.39, 0.29) is 11.5 Å². The second kappa shape index (κ2) is 6.65. The molecule has 2 fully saturated rings. The van der Waals surface area contributed by atoms with Crippen molar-refractivity contribution in [3.8, 4) is 0 Å². The van der Waals surface area contributed by atoms with Crippen molar-refractivity contribution in [3.05, 3.63) is 0 Å². The van der Waals surface area contributed by atoms with E-state index in [1.54, 1.807) is 0 Å². The second-order valence-electron chi connectivity index (χ2n) is 6.33. The van der Waals surface area contributed by atoms with Crippen LogP contribution in [0.1, 0.15) is 58.3 Å². The molecule has 1 saturated heterocycles. The van der Waals surface area contributed by atoms with E-state index in [2.05, 4.69) is 5.32 Å². The molecule has 1 saturated carbocycles. The van der Waals surface area contributed by atoms with Crippen LogP contribution >= 0.6 is 0 Å². The molecule has 5 heteroatoms. The lowest BCUT2D eigenvalue weighted by Gasteiger charge is -2.45. The Labute approximate surface area is 119 Å².